The van der Waals surface area contributed by atoms with Gasteiger partial charge in [0.25, 0.3) is 0 Å². The highest BCUT2D eigenvalue weighted by molar-refractivity contribution is 5.71. The number of carbonyl (C=O) groups is 1. The maximum Gasteiger partial charge on any atom is 0.308 e. The molecule has 0 amide bonds. The summed E-state index contributed by atoms with van der Waals surface area (Å²) in [5.74, 6) is -0.0394. The van der Waals surface area contributed by atoms with Gasteiger partial charge in [0.2, 0.25) is 0 Å². The van der Waals surface area contributed by atoms with Crippen molar-refractivity contribution in [1.82, 2.24) is 0 Å². The predicted octanol–water partition coefficient (Wildman–Crippen LogP) is 3.83. The first-order valence-electron chi connectivity index (χ1n) is 6.76. The van der Waals surface area contributed by atoms with Crippen LogP contribution in [0, 0.1) is 17.2 Å². The van der Waals surface area contributed by atoms with E-state index in [9.17, 15) is 4.79 Å². The molecule has 0 heterocycles. The highest BCUT2D eigenvalue weighted by atomic mass is 16.5. The first-order chi connectivity index (χ1) is 8.22. The lowest BCUT2D eigenvalue weighted by atomic mass is 10.1. The van der Waals surface area contributed by atoms with Crippen LogP contribution >= 0.6 is 0 Å². The number of hydrogen-bond donors (Lipinski definition) is 0. The van der Waals surface area contributed by atoms with Crippen molar-refractivity contribution in [1.29, 1.82) is 5.26 Å². The van der Waals surface area contributed by atoms with Crippen LogP contribution in [0.5, 0.6) is 0 Å². The Morgan fingerprint density at radius 1 is 1.18 bits per heavy atom. The molecule has 0 radical (unpaired) electrons. The van der Waals surface area contributed by atoms with Gasteiger partial charge in [0, 0.05) is 6.42 Å². The second kappa shape index (κ2) is 11.4. The first-order valence-corrected chi connectivity index (χ1v) is 6.76. The van der Waals surface area contributed by atoms with Crippen molar-refractivity contribution in [2.24, 2.45) is 5.92 Å². The summed E-state index contributed by atoms with van der Waals surface area (Å²) in [5, 5.41) is 8.36. The third kappa shape index (κ3) is 9.86. The van der Waals surface area contributed by atoms with E-state index in [2.05, 4.69) is 6.07 Å². The van der Waals surface area contributed by atoms with E-state index in [4.69, 9.17) is 10.00 Å². The number of hydrogen-bond acceptors (Lipinski definition) is 3. The topological polar surface area (TPSA) is 50.1 Å². The quantitative estimate of drug-likeness (QED) is 0.430. The van der Waals surface area contributed by atoms with Crippen molar-refractivity contribution >= 4 is 5.97 Å². The first kappa shape index (κ1) is 16.0. The van der Waals surface area contributed by atoms with Crippen LogP contribution in [0.2, 0.25) is 0 Å². The van der Waals surface area contributed by atoms with Gasteiger partial charge in [-0.2, -0.15) is 5.26 Å². The summed E-state index contributed by atoms with van der Waals surface area (Å²) in [7, 11) is 0. The zero-order valence-corrected chi connectivity index (χ0v) is 11.2. The van der Waals surface area contributed by atoms with Crippen LogP contribution in [-0.2, 0) is 9.53 Å². The van der Waals surface area contributed by atoms with Crippen LogP contribution in [0.1, 0.15) is 65.2 Å². The van der Waals surface area contributed by atoms with Gasteiger partial charge in [-0.15, -0.1) is 0 Å². The zero-order chi connectivity index (χ0) is 12.9. The highest BCUT2D eigenvalue weighted by Crippen LogP contribution is 2.08. The smallest absolute Gasteiger partial charge is 0.308 e. The number of rotatable bonds is 10. The third-order valence-corrected chi connectivity index (χ3v) is 2.94. The Labute approximate surface area is 105 Å². The molecule has 0 aliphatic heterocycles. The number of esters is 1. The van der Waals surface area contributed by atoms with Gasteiger partial charge < -0.3 is 4.74 Å². The van der Waals surface area contributed by atoms with E-state index in [1.54, 1.807) is 0 Å². The van der Waals surface area contributed by atoms with Crippen LogP contribution in [0.25, 0.3) is 0 Å². The molecule has 17 heavy (non-hydrogen) atoms. The van der Waals surface area contributed by atoms with Gasteiger partial charge in [0.1, 0.15) is 0 Å². The molecular formula is C14H25NO2. The molecule has 0 aromatic carbocycles. The van der Waals surface area contributed by atoms with Crippen molar-refractivity contribution < 1.29 is 9.53 Å². The molecule has 0 aliphatic carbocycles. The summed E-state index contributed by atoms with van der Waals surface area (Å²) >= 11 is 0. The molecule has 0 bridgehead atoms. The normalized spacial score (nSPS) is 11.8. The molecule has 3 nitrogen and oxygen atoms in total. The number of nitrogens with zero attached hydrogens (tertiary/aromatic N) is 1. The molecule has 0 N–H and O–H groups in total. The second-order valence-electron chi connectivity index (χ2n) is 4.51. The van der Waals surface area contributed by atoms with E-state index in [0.29, 0.717) is 13.0 Å². The number of carbonyl (C=O) groups excluding carboxylic acids is 1. The lowest BCUT2D eigenvalue weighted by Crippen LogP contribution is -2.14. The summed E-state index contributed by atoms with van der Waals surface area (Å²) in [5.41, 5.74) is 0. The van der Waals surface area contributed by atoms with Crippen molar-refractivity contribution in [2.75, 3.05) is 6.61 Å². The molecule has 0 aromatic heterocycles. The molecule has 1 unspecified atom stereocenters. The van der Waals surface area contributed by atoms with Gasteiger partial charge in [-0.3, -0.25) is 4.79 Å². The van der Waals surface area contributed by atoms with Crippen LogP contribution in [0.4, 0.5) is 0 Å². The van der Waals surface area contributed by atoms with E-state index in [1.165, 1.54) is 12.8 Å². The van der Waals surface area contributed by atoms with Gasteiger partial charge in [-0.05, 0) is 19.3 Å². The van der Waals surface area contributed by atoms with Gasteiger partial charge in [0.05, 0.1) is 18.6 Å². The average molecular weight is 239 g/mol. The molecule has 1 atom stereocenters. The number of unbranched alkanes of at least 4 members (excludes halogenated alkanes) is 6. The van der Waals surface area contributed by atoms with Crippen LogP contribution in [0.15, 0.2) is 0 Å². The Morgan fingerprint density at radius 3 is 2.35 bits per heavy atom. The van der Waals surface area contributed by atoms with Crippen LogP contribution in [0.3, 0.4) is 0 Å². The maximum atomic E-state index is 11.3. The van der Waals surface area contributed by atoms with E-state index < -0.39 is 0 Å². The van der Waals surface area contributed by atoms with Crippen molar-refractivity contribution in [2.45, 2.75) is 65.2 Å². The lowest BCUT2D eigenvalue weighted by Gasteiger charge is -2.08. The summed E-state index contributed by atoms with van der Waals surface area (Å²) in [6.07, 6.45) is 8.10. The number of ether oxygens (including phenoxy) is 1. The Morgan fingerprint density at radius 2 is 1.76 bits per heavy atom. The fourth-order valence-electron chi connectivity index (χ4n) is 1.49. The maximum absolute atomic E-state index is 11.3. The average Bonchev–Trinajstić information content (AvgIpc) is 2.35. The molecule has 0 fully saturated rings. The van der Waals surface area contributed by atoms with Crippen LogP contribution < -0.4 is 0 Å². The van der Waals surface area contributed by atoms with Crippen LogP contribution in [-0.4, -0.2) is 12.6 Å². The minimum absolute atomic E-state index is 0.0287. The fourth-order valence-corrected chi connectivity index (χ4v) is 1.49. The van der Waals surface area contributed by atoms with E-state index >= 15 is 0 Å². The molecule has 0 aromatic rings. The summed E-state index contributed by atoms with van der Waals surface area (Å²) in [6.45, 7) is 4.45. The Balaban J connectivity index is 3.19. The number of nitriles is 1. The predicted molar refractivity (Wildman–Crippen MR) is 68.3 cm³/mol. The monoisotopic (exact) mass is 239 g/mol. The SMILES string of the molecule is CCC(C)C(=O)OCCCCCCCCC#N. The summed E-state index contributed by atoms with van der Waals surface area (Å²) < 4.78 is 5.16. The zero-order valence-electron chi connectivity index (χ0n) is 11.2. The molecular weight excluding hydrogens is 214 g/mol. The van der Waals surface area contributed by atoms with E-state index in [-0.39, 0.29) is 11.9 Å². The Kier molecular flexibility index (Phi) is 10.7. The minimum Gasteiger partial charge on any atom is -0.465 e. The van der Waals surface area contributed by atoms with E-state index in [0.717, 1.165) is 32.1 Å². The van der Waals surface area contributed by atoms with Crippen molar-refractivity contribution in [3.05, 3.63) is 0 Å². The summed E-state index contributed by atoms with van der Waals surface area (Å²) in [6, 6.07) is 2.15. The molecule has 0 aliphatic rings. The largest absolute Gasteiger partial charge is 0.465 e. The molecule has 0 rings (SSSR count). The van der Waals surface area contributed by atoms with Crippen molar-refractivity contribution in [3.8, 4) is 6.07 Å². The summed E-state index contributed by atoms with van der Waals surface area (Å²) in [4.78, 5) is 11.3. The fraction of sp³-hybridized carbons (Fsp3) is 0.857. The molecule has 0 saturated carbocycles. The molecule has 0 saturated heterocycles. The minimum atomic E-state index is -0.0680. The van der Waals surface area contributed by atoms with Gasteiger partial charge >= 0.3 is 5.97 Å². The third-order valence-electron chi connectivity index (χ3n) is 2.94. The standard InChI is InChI=1S/C14H25NO2/c1-3-13(2)14(16)17-12-10-8-6-4-5-7-9-11-15/h13H,3-10,12H2,1-2H3. The van der Waals surface area contributed by atoms with Gasteiger partial charge in [-0.1, -0.05) is 39.5 Å². The Bertz CT molecular complexity index is 233. The molecule has 98 valence electrons. The van der Waals surface area contributed by atoms with E-state index in [1.807, 2.05) is 13.8 Å². The lowest BCUT2D eigenvalue weighted by molar-refractivity contribution is -0.148. The van der Waals surface area contributed by atoms with Gasteiger partial charge in [-0.25, -0.2) is 0 Å². The molecule has 3 heteroatoms. The van der Waals surface area contributed by atoms with Crippen molar-refractivity contribution in [3.63, 3.8) is 0 Å². The highest BCUT2D eigenvalue weighted by Gasteiger charge is 2.10. The van der Waals surface area contributed by atoms with Gasteiger partial charge in [0.15, 0.2) is 0 Å². The second-order valence-corrected chi connectivity index (χ2v) is 4.51. The molecule has 0 spiro atoms. The Hall–Kier alpha value is -1.04.